The van der Waals surface area contributed by atoms with Crippen LogP contribution >= 0.6 is 11.8 Å². The number of hydrogen-bond donors (Lipinski definition) is 0. The van der Waals surface area contributed by atoms with Gasteiger partial charge in [0.15, 0.2) is 0 Å². The van der Waals surface area contributed by atoms with E-state index in [9.17, 15) is 0 Å². The summed E-state index contributed by atoms with van der Waals surface area (Å²) in [6.45, 7) is 18.0. The van der Waals surface area contributed by atoms with E-state index in [1.165, 1.54) is 89.9 Å². The maximum atomic E-state index is 3.92. The van der Waals surface area contributed by atoms with E-state index in [0.717, 1.165) is 70.7 Å². The highest BCUT2D eigenvalue weighted by molar-refractivity contribution is 8.00. The molecule has 0 aromatic rings. The van der Waals surface area contributed by atoms with E-state index < -0.39 is 0 Å². The average molecular weight is 615 g/mol. The third kappa shape index (κ3) is 6.02. The molecule has 14 atom stereocenters. The van der Waals surface area contributed by atoms with Crippen molar-refractivity contribution in [1.82, 2.24) is 0 Å². The monoisotopic (exact) mass is 614 g/mol. The first-order valence-electron chi connectivity index (χ1n) is 19.7. The van der Waals surface area contributed by atoms with Gasteiger partial charge in [0.25, 0.3) is 0 Å². The van der Waals surface area contributed by atoms with Crippen molar-refractivity contribution in [2.24, 2.45) is 70.5 Å². The molecule has 0 aromatic carbocycles. The number of rotatable bonds is 2. The maximum absolute atomic E-state index is 3.92. The van der Waals surface area contributed by atoms with Gasteiger partial charge in [-0.15, -0.1) is 11.8 Å². The Morgan fingerprint density at radius 1 is 0.727 bits per heavy atom. The summed E-state index contributed by atoms with van der Waals surface area (Å²) in [5, 5.41) is 1.61. The van der Waals surface area contributed by atoms with Crippen LogP contribution < -0.4 is 0 Å². The molecule has 0 radical (unpaired) electrons. The SMILES string of the molecule is CCCC#CC1CC2/C(=C3/C(C)CC4CC(C)C5CCCCCC5C34C)C3C(CCC(C#CCCC)C3C)SC2CCC1C. The van der Waals surface area contributed by atoms with E-state index in [4.69, 9.17) is 0 Å². The molecule has 1 heterocycles. The van der Waals surface area contributed by atoms with Crippen LogP contribution in [0.2, 0.25) is 0 Å². The first-order chi connectivity index (χ1) is 21.3. The van der Waals surface area contributed by atoms with Crippen molar-refractivity contribution >= 4 is 11.8 Å². The van der Waals surface area contributed by atoms with Crippen molar-refractivity contribution in [2.75, 3.05) is 0 Å². The lowest BCUT2D eigenvalue weighted by Gasteiger charge is -2.56. The number of allylic oxidation sites excluding steroid dienone is 2. The molecule has 244 valence electrons. The van der Waals surface area contributed by atoms with Crippen LogP contribution in [-0.4, -0.2) is 10.5 Å². The molecule has 1 aliphatic heterocycles. The van der Waals surface area contributed by atoms with Gasteiger partial charge in [-0.25, -0.2) is 0 Å². The fourth-order valence-corrected chi connectivity index (χ4v) is 14.3. The molecule has 14 unspecified atom stereocenters. The van der Waals surface area contributed by atoms with Crippen LogP contribution in [0.1, 0.15) is 151 Å². The Morgan fingerprint density at radius 2 is 1.43 bits per heavy atom. The molecule has 0 aromatic heterocycles. The normalized spacial score (nSPS) is 48.6. The van der Waals surface area contributed by atoms with E-state index in [0.29, 0.717) is 23.2 Å². The number of hydrogen-bond acceptors (Lipinski definition) is 1. The minimum Gasteiger partial charge on any atom is -0.154 e. The lowest BCUT2D eigenvalue weighted by Crippen LogP contribution is -2.49. The first kappa shape index (κ1) is 33.1. The van der Waals surface area contributed by atoms with Gasteiger partial charge in [0.2, 0.25) is 0 Å². The molecule has 0 amide bonds. The maximum Gasteiger partial charge on any atom is 0.0235 e. The Hall–Kier alpha value is -0.790. The van der Waals surface area contributed by atoms with Gasteiger partial charge in [0, 0.05) is 35.2 Å². The fourth-order valence-electron chi connectivity index (χ4n) is 12.3. The molecular formula is C43H66S. The molecule has 0 spiro atoms. The summed E-state index contributed by atoms with van der Waals surface area (Å²) in [7, 11) is 0. The molecule has 0 bridgehead atoms. The van der Waals surface area contributed by atoms with Crippen LogP contribution in [0.25, 0.3) is 0 Å². The standard InChI is InChI=1S/C43H66S/c1-8-10-13-17-32-22-24-39-40(31(32)6)41(36-27-33(18-14-11-9-2)28(3)21-23-38(36)44-39)42-30(5)26-34-25-29(4)35-19-15-12-16-20-37(35)43(34,42)7/h28-40H,8-12,15-16,19-27H2,1-7H3/b42-41+. The van der Waals surface area contributed by atoms with E-state index in [1.807, 2.05) is 11.1 Å². The zero-order chi connectivity index (χ0) is 31.0. The highest BCUT2D eigenvalue weighted by Gasteiger charge is 2.60. The van der Waals surface area contributed by atoms with E-state index in [-0.39, 0.29) is 0 Å². The van der Waals surface area contributed by atoms with Crippen LogP contribution in [-0.2, 0) is 0 Å². The number of unbranched alkanes of at least 4 members (excludes halogenated alkanes) is 2. The van der Waals surface area contributed by atoms with Gasteiger partial charge in [-0.1, -0.05) is 90.7 Å². The summed E-state index contributed by atoms with van der Waals surface area (Å²) in [5.74, 6) is 23.5. The summed E-state index contributed by atoms with van der Waals surface area (Å²) in [6.07, 6.45) is 21.7. The summed E-state index contributed by atoms with van der Waals surface area (Å²) >= 11 is 2.47. The lowest BCUT2D eigenvalue weighted by atomic mass is 9.51. The Balaban J connectivity index is 1.51. The summed E-state index contributed by atoms with van der Waals surface area (Å²) < 4.78 is 0. The van der Waals surface area contributed by atoms with Gasteiger partial charge in [-0.2, -0.15) is 11.8 Å². The summed E-state index contributed by atoms with van der Waals surface area (Å²) in [6, 6.07) is 0. The molecule has 6 rings (SSSR count). The molecule has 5 aliphatic carbocycles. The Morgan fingerprint density at radius 3 is 2.18 bits per heavy atom. The molecular weight excluding hydrogens is 549 g/mol. The molecule has 44 heavy (non-hydrogen) atoms. The minimum absolute atomic E-state index is 0.412. The second-order valence-electron chi connectivity index (χ2n) is 17.0. The van der Waals surface area contributed by atoms with Gasteiger partial charge in [-0.05, 0) is 129 Å². The summed E-state index contributed by atoms with van der Waals surface area (Å²) in [4.78, 5) is 0. The van der Waals surface area contributed by atoms with Crippen molar-refractivity contribution in [1.29, 1.82) is 0 Å². The molecule has 0 nitrogen and oxygen atoms in total. The van der Waals surface area contributed by atoms with Crippen molar-refractivity contribution in [3.8, 4) is 23.7 Å². The Bertz CT molecular complexity index is 1150. The van der Waals surface area contributed by atoms with E-state index in [2.05, 4.69) is 83.9 Å². The molecule has 6 aliphatic rings. The Labute approximate surface area is 277 Å². The minimum atomic E-state index is 0.412. The van der Waals surface area contributed by atoms with Gasteiger partial charge < -0.3 is 0 Å². The molecule has 0 N–H and O–H groups in total. The van der Waals surface area contributed by atoms with Crippen molar-refractivity contribution in [2.45, 2.75) is 162 Å². The largest absolute Gasteiger partial charge is 0.154 e. The third-order valence-corrected chi connectivity index (χ3v) is 16.2. The second-order valence-corrected chi connectivity index (χ2v) is 18.5. The van der Waals surface area contributed by atoms with E-state index in [1.54, 1.807) is 0 Å². The molecule has 6 fully saturated rings. The van der Waals surface area contributed by atoms with Gasteiger partial charge >= 0.3 is 0 Å². The smallest absolute Gasteiger partial charge is 0.0235 e. The number of fused-ring (bicyclic) bond motifs is 5. The number of thioether (sulfide) groups is 1. The topological polar surface area (TPSA) is 0 Å². The quantitative estimate of drug-likeness (QED) is 0.220. The van der Waals surface area contributed by atoms with Crippen molar-refractivity contribution in [3.63, 3.8) is 0 Å². The van der Waals surface area contributed by atoms with Crippen LogP contribution in [0, 0.1) is 94.2 Å². The summed E-state index contributed by atoms with van der Waals surface area (Å²) in [5.41, 5.74) is 4.50. The predicted octanol–water partition coefficient (Wildman–Crippen LogP) is 12.0. The zero-order valence-electron chi connectivity index (χ0n) is 29.7. The fraction of sp³-hybridized carbons (Fsp3) is 0.860. The van der Waals surface area contributed by atoms with E-state index >= 15 is 0 Å². The molecule has 5 saturated carbocycles. The van der Waals surface area contributed by atoms with Crippen molar-refractivity contribution < 1.29 is 0 Å². The highest BCUT2D eigenvalue weighted by Crippen LogP contribution is 2.69. The first-order valence-corrected chi connectivity index (χ1v) is 20.6. The van der Waals surface area contributed by atoms with Gasteiger partial charge in [-0.3, -0.25) is 0 Å². The van der Waals surface area contributed by atoms with Crippen LogP contribution in [0.15, 0.2) is 11.1 Å². The molecule has 1 heteroatoms. The van der Waals surface area contributed by atoms with Crippen LogP contribution in [0.3, 0.4) is 0 Å². The van der Waals surface area contributed by atoms with Crippen LogP contribution in [0.5, 0.6) is 0 Å². The molecule has 1 saturated heterocycles. The van der Waals surface area contributed by atoms with Crippen molar-refractivity contribution in [3.05, 3.63) is 11.1 Å². The third-order valence-electron chi connectivity index (χ3n) is 14.4. The van der Waals surface area contributed by atoms with Crippen LogP contribution in [0.4, 0.5) is 0 Å². The van der Waals surface area contributed by atoms with Gasteiger partial charge in [0.1, 0.15) is 0 Å². The highest BCUT2D eigenvalue weighted by atomic mass is 32.2. The zero-order valence-corrected chi connectivity index (χ0v) is 30.5. The lowest BCUT2D eigenvalue weighted by molar-refractivity contribution is 0.00153. The second kappa shape index (κ2) is 14.1. The van der Waals surface area contributed by atoms with Gasteiger partial charge in [0.05, 0.1) is 0 Å². The predicted molar refractivity (Wildman–Crippen MR) is 192 cm³/mol. The average Bonchev–Trinajstić information content (AvgIpc) is 3.19. The Kier molecular flexibility index (Phi) is 10.6.